The first-order valence-corrected chi connectivity index (χ1v) is 5.60. The van der Waals surface area contributed by atoms with Gasteiger partial charge in [0.05, 0.1) is 7.11 Å². The summed E-state index contributed by atoms with van der Waals surface area (Å²) in [6.07, 6.45) is 0. The number of fused-ring (bicyclic) bond motifs is 1. The maximum absolute atomic E-state index is 13.2. The zero-order valence-electron chi connectivity index (χ0n) is 9.81. The van der Waals surface area contributed by atoms with E-state index in [9.17, 15) is 4.39 Å². The van der Waals surface area contributed by atoms with E-state index in [2.05, 4.69) is 0 Å². The molecule has 1 aromatic heterocycles. The summed E-state index contributed by atoms with van der Waals surface area (Å²) >= 11 is 0. The first kappa shape index (κ1) is 10.8. The molecule has 90 valence electrons. The van der Waals surface area contributed by atoms with E-state index < -0.39 is 0 Å². The fourth-order valence-corrected chi connectivity index (χ4v) is 1.93. The second-order valence-corrected chi connectivity index (χ2v) is 4.02. The first-order chi connectivity index (χ1) is 8.76. The molecule has 0 N–H and O–H groups in total. The van der Waals surface area contributed by atoms with Crippen LogP contribution in [0.25, 0.3) is 22.3 Å². The molecule has 0 bridgehead atoms. The molecule has 0 aliphatic carbocycles. The molecule has 0 spiro atoms. The van der Waals surface area contributed by atoms with Crippen LogP contribution in [0.5, 0.6) is 5.75 Å². The van der Waals surface area contributed by atoms with Crippen LogP contribution >= 0.6 is 0 Å². The highest BCUT2D eigenvalue weighted by Gasteiger charge is 2.07. The molecule has 3 rings (SSSR count). The van der Waals surface area contributed by atoms with E-state index >= 15 is 0 Å². The summed E-state index contributed by atoms with van der Waals surface area (Å²) in [7, 11) is 1.62. The predicted molar refractivity (Wildman–Crippen MR) is 68.2 cm³/mol. The van der Waals surface area contributed by atoms with Crippen molar-refractivity contribution < 1.29 is 13.5 Å². The van der Waals surface area contributed by atoms with Gasteiger partial charge in [-0.1, -0.05) is 12.1 Å². The van der Waals surface area contributed by atoms with Crippen LogP contribution in [0.1, 0.15) is 0 Å². The average molecular weight is 242 g/mol. The highest BCUT2D eigenvalue weighted by molar-refractivity contribution is 5.84. The Morgan fingerprint density at radius 2 is 1.94 bits per heavy atom. The van der Waals surface area contributed by atoms with Gasteiger partial charge in [-0.3, -0.25) is 0 Å². The molecular weight excluding hydrogens is 231 g/mol. The summed E-state index contributed by atoms with van der Waals surface area (Å²) in [5.41, 5.74) is 1.49. The molecule has 0 radical (unpaired) electrons. The zero-order valence-corrected chi connectivity index (χ0v) is 9.81. The van der Waals surface area contributed by atoms with Gasteiger partial charge >= 0.3 is 0 Å². The Morgan fingerprint density at radius 3 is 2.72 bits per heavy atom. The SMILES string of the molecule is COc1ccc2oc(-c3cccc(F)c3)cc2c1. The van der Waals surface area contributed by atoms with E-state index in [0.717, 1.165) is 22.3 Å². The Hall–Kier alpha value is -2.29. The highest BCUT2D eigenvalue weighted by atomic mass is 19.1. The van der Waals surface area contributed by atoms with Gasteiger partial charge in [-0.25, -0.2) is 4.39 Å². The molecule has 1 heterocycles. The second kappa shape index (κ2) is 4.18. The van der Waals surface area contributed by atoms with Crippen molar-refractivity contribution in [2.45, 2.75) is 0 Å². The molecule has 3 heteroatoms. The van der Waals surface area contributed by atoms with E-state index in [-0.39, 0.29) is 5.82 Å². The minimum Gasteiger partial charge on any atom is -0.497 e. The van der Waals surface area contributed by atoms with Gasteiger partial charge in [0.15, 0.2) is 0 Å². The summed E-state index contributed by atoms with van der Waals surface area (Å²) in [5.74, 6) is 1.15. The zero-order chi connectivity index (χ0) is 12.5. The summed E-state index contributed by atoms with van der Waals surface area (Å²) in [4.78, 5) is 0. The Balaban J connectivity index is 2.13. The molecule has 0 aliphatic rings. The predicted octanol–water partition coefficient (Wildman–Crippen LogP) is 4.25. The lowest BCUT2D eigenvalue weighted by atomic mass is 10.1. The molecule has 0 atom stereocenters. The number of methoxy groups -OCH3 is 1. The lowest BCUT2D eigenvalue weighted by Crippen LogP contribution is -1.79. The number of benzene rings is 2. The number of hydrogen-bond acceptors (Lipinski definition) is 2. The van der Waals surface area contributed by atoms with Crippen molar-refractivity contribution in [1.82, 2.24) is 0 Å². The Morgan fingerprint density at radius 1 is 1.06 bits per heavy atom. The summed E-state index contributed by atoms with van der Waals surface area (Å²) < 4.78 is 24.0. The van der Waals surface area contributed by atoms with Crippen molar-refractivity contribution in [2.75, 3.05) is 7.11 Å². The Bertz CT molecular complexity index is 701. The third-order valence-electron chi connectivity index (χ3n) is 2.83. The van der Waals surface area contributed by atoms with Crippen LogP contribution in [0.15, 0.2) is 52.9 Å². The van der Waals surface area contributed by atoms with Crippen LogP contribution in [0.3, 0.4) is 0 Å². The molecule has 0 aliphatic heterocycles. The molecule has 18 heavy (non-hydrogen) atoms. The monoisotopic (exact) mass is 242 g/mol. The van der Waals surface area contributed by atoms with Crippen LogP contribution in [-0.4, -0.2) is 7.11 Å². The quantitative estimate of drug-likeness (QED) is 0.670. The topological polar surface area (TPSA) is 22.4 Å². The molecule has 0 unspecified atom stereocenters. The van der Waals surface area contributed by atoms with E-state index in [1.165, 1.54) is 12.1 Å². The Labute approximate surface area is 104 Å². The van der Waals surface area contributed by atoms with Gasteiger partial charge in [-0.2, -0.15) is 0 Å². The smallest absolute Gasteiger partial charge is 0.135 e. The number of hydrogen-bond donors (Lipinski definition) is 0. The molecule has 0 saturated heterocycles. The fourth-order valence-electron chi connectivity index (χ4n) is 1.93. The van der Waals surface area contributed by atoms with Crippen LogP contribution in [-0.2, 0) is 0 Å². The molecule has 2 aromatic carbocycles. The molecular formula is C15H11FO2. The van der Waals surface area contributed by atoms with E-state index in [4.69, 9.17) is 9.15 Å². The number of halogens is 1. The van der Waals surface area contributed by atoms with Crippen LogP contribution in [0, 0.1) is 5.82 Å². The summed E-state index contributed by atoms with van der Waals surface area (Å²) in [6, 6.07) is 13.8. The van der Waals surface area contributed by atoms with Crippen molar-refractivity contribution >= 4 is 11.0 Å². The van der Waals surface area contributed by atoms with Gasteiger partial charge in [0, 0.05) is 10.9 Å². The minimum absolute atomic E-state index is 0.273. The van der Waals surface area contributed by atoms with Crippen LogP contribution in [0.2, 0.25) is 0 Å². The minimum atomic E-state index is -0.273. The fraction of sp³-hybridized carbons (Fsp3) is 0.0667. The van der Waals surface area contributed by atoms with Crippen molar-refractivity contribution in [2.24, 2.45) is 0 Å². The molecule has 3 aromatic rings. The number of rotatable bonds is 2. The van der Waals surface area contributed by atoms with Gasteiger partial charge in [-0.15, -0.1) is 0 Å². The standard InChI is InChI=1S/C15H11FO2/c1-17-13-5-6-14-11(8-13)9-15(18-14)10-3-2-4-12(16)7-10/h2-9H,1H3. The normalized spacial score (nSPS) is 10.8. The molecule has 2 nitrogen and oxygen atoms in total. The number of ether oxygens (including phenoxy) is 1. The summed E-state index contributed by atoms with van der Waals surface area (Å²) in [6.45, 7) is 0. The van der Waals surface area contributed by atoms with E-state index in [0.29, 0.717) is 5.76 Å². The van der Waals surface area contributed by atoms with Gasteiger partial charge < -0.3 is 9.15 Å². The third kappa shape index (κ3) is 1.84. The number of furan rings is 1. The van der Waals surface area contributed by atoms with Gasteiger partial charge in [-0.05, 0) is 36.4 Å². The van der Waals surface area contributed by atoms with Gasteiger partial charge in [0.25, 0.3) is 0 Å². The molecule has 0 fully saturated rings. The van der Waals surface area contributed by atoms with Crippen molar-refractivity contribution in [3.8, 4) is 17.1 Å². The van der Waals surface area contributed by atoms with Crippen molar-refractivity contribution in [1.29, 1.82) is 0 Å². The Kier molecular flexibility index (Phi) is 2.52. The summed E-state index contributed by atoms with van der Waals surface area (Å²) in [5, 5.41) is 0.939. The highest BCUT2D eigenvalue weighted by Crippen LogP contribution is 2.30. The van der Waals surface area contributed by atoms with E-state index in [1.807, 2.05) is 30.3 Å². The molecule has 0 saturated carbocycles. The van der Waals surface area contributed by atoms with Crippen LogP contribution < -0.4 is 4.74 Å². The lowest BCUT2D eigenvalue weighted by molar-refractivity contribution is 0.415. The maximum Gasteiger partial charge on any atom is 0.135 e. The van der Waals surface area contributed by atoms with Crippen molar-refractivity contribution in [3.05, 3.63) is 54.3 Å². The average Bonchev–Trinajstić information content (AvgIpc) is 2.81. The largest absolute Gasteiger partial charge is 0.497 e. The first-order valence-electron chi connectivity index (χ1n) is 5.60. The van der Waals surface area contributed by atoms with Crippen LogP contribution in [0.4, 0.5) is 4.39 Å². The lowest BCUT2D eigenvalue weighted by Gasteiger charge is -1.96. The second-order valence-electron chi connectivity index (χ2n) is 4.02. The van der Waals surface area contributed by atoms with Crippen molar-refractivity contribution in [3.63, 3.8) is 0 Å². The maximum atomic E-state index is 13.2. The molecule has 0 amide bonds. The third-order valence-corrected chi connectivity index (χ3v) is 2.83. The van der Waals surface area contributed by atoms with E-state index in [1.54, 1.807) is 13.2 Å². The van der Waals surface area contributed by atoms with Gasteiger partial charge in [0.2, 0.25) is 0 Å². The van der Waals surface area contributed by atoms with Gasteiger partial charge in [0.1, 0.15) is 22.9 Å².